The maximum atomic E-state index is 6.18. The van der Waals surface area contributed by atoms with Crippen LogP contribution in [-0.4, -0.2) is 0 Å². The minimum atomic E-state index is -1.77. The molecule has 0 fully saturated rings. The quantitative estimate of drug-likeness (QED) is 0.213. The molecule has 7 heteroatoms. The van der Waals surface area contributed by atoms with E-state index in [1.807, 2.05) is 125 Å². The summed E-state index contributed by atoms with van der Waals surface area (Å²) in [4.78, 5) is 0. The predicted molar refractivity (Wildman–Crippen MR) is 143 cm³/mol. The molecule has 0 bridgehead atoms. The Labute approximate surface area is 209 Å². The van der Waals surface area contributed by atoms with Gasteiger partial charge < -0.3 is 9.05 Å². The van der Waals surface area contributed by atoms with Gasteiger partial charge in [0.15, 0.2) is 11.5 Å². The lowest BCUT2D eigenvalue weighted by Gasteiger charge is -2.12. The van der Waals surface area contributed by atoms with Gasteiger partial charge in [0.25, 0.3) is 0 Å². The molecule has 5 nitrogen and oxygen atoms in total. The van der Waals surface area contributed by atoms with Gasteiger partial charge in [0, 0.05) is 0 Å². The average molecular weight is 504 g/mol. The van der Waals surface area contributed by atoms with Crippen LogP contribution in [0, 0.1) is 27.7 Å². The molecule has 35 heavy (non-hydrogen) atoms. The average Bonchev–Trinajstić information content (AvgIpc) is 2.85. The lowest BCUT2D eigenvalue weighted by molar-refractivity contribution is 0.481. The summed E-state index contributed by atoms with van der Waals surface area (Å²) in [6.45, 7) is 8.13. The fourth-order valence-corrected chi connectivity index (χ4v) is 5.27. The summed E-state index contributed by atoms with van der Waals surface area (Å²) < 4.78 is 29.5. The minimum Gasteiger partial charge on any atom is -0.419 e. The highest BCUT2D eigenvalue weighted by Crippen LogP contribution is 2.49. The molecular formula is C28H28NO4P2+. The number of aryl methyl sites for hydroxylation is 4. The van der Waals surface area contributed by atoms with Gasteiger partial charge in [-0.15, -0.1) is 0 Å². The number of hydrogen-bond donors (Lipinski definition) is 0. The van der Waals surface area contributed by atoms with Gasteiger partial charge in [-0.05, 0) is 76.2 Å². The van der Waals surface area contributed by atoms with Crippen LogP contribution >= 0.6 is 16.7 Å². The Morgan fingerprint density at radius 3 is 1.06 bits per heavy atom. The summed E-state index contributed by atoms with van der Waals surface area (Å²) in [5, 5.41) is 0. The first-order valence-electron chi connectivity index (χ1n) is 11.2. The molecule has 0 saturated heterocycles. The second-order valence-corrected chi connectivity index (χ2v) is 10.6. The molecule has 0 radical (unpaired) electrons. The highest BCUT2D eigenvalue weighted by molar-refractivity contribution is 7.55. The fourth-order valence-electron chi connectivity index (χ4n) is 2.93. The molecule has 0 aromatic heterocycles. The summed E-state index contributed by atoms with van der Waals surface area (Å²) in [5.41, 5.74) is 4.58. The second-order valence-electron chi connectivity index (χ2n) is 8.18. The third-order valence-electron chi connectivity index (χ3n) is 4.96. The van der Waals surface area contributed by atoms with Crippen LogP contribution in [0.15, 0.2) is 102 Å². The predicted octanol–water partition coefficient (Wildman–Crippen LogP) is 9.26. The monoisotopic (exact) mass is 504 g/mol. The number of hydrogen-bond acceptors (Lipinski definition) is 5. The summed E-state index contributed by atoms with van der Waals surface area (Å²) in [6, 6.07) is 31.2. The van der Waals surface area contributed by atoms with Crippen molar-refractivity contribution in [1.29, 1.82) is 0 Å². The van der Waals surface area contributed by atoms with E-state index in [0.29, 0.717) is 23.0 Å². The van der Waals surface area contributed by atoms with Crippen molar-refractivity contribution >= 4 is 16.7 Å². The molecule has 4 aromatic rings. The Morgan fingerprint density at radius 2 is 0.743 bits per heavy atom. The first-order valence-corrected chi connectivity index (χ1v) is 13.5. The molecule has 4 rings (SSSR count). The maximum Gasteiger partial charge on any atom is 0.678 e. The van der Waals surface area contributed by atoms with Crippen LogP contribution < -0.4 is 18.1 Å². The van der Waals surface area contributed by atoms with Crippen molar-refractivity contribution < 1.29 is 18.1 Å². The number of nitrogens with zero attached hydrogens (tertiary/aromatic N) is 1. The van der Waals surface area contributed by atoms with Crippen LogP contribution in [0.5, 0.6) is 23.0 Å². The lowest BCUT2D eigenvalue weighted by Crippen LogP contribution is -1.96. The minimum absolute atomic E-state index is 0.665. The maximum absolute atomic E-state index is 6.18. The van der Waals surface area contributed by atoms with Crippen LogP contribution in [0.4, 0.5) is 0 Å². The first-order chi connectivity index (χ1) is 16.9. The summed E-state index contributed by atoms with van der Waals surface area (Å²) in [7, 11) is -3.55. The molecule has 4 aromatic carbocycles. The SMILES string of the molecule is Cc1ccc(OP(N=[P+](Oc2ccc(C)cc2)Oc2ccc(C)cc2)Oc2ccc(C)cc2)cc1. The van der Waals surface area contributed by atoms with Gasteiger partial charge >= 0.3 is 16.7 Å². The summed E-state index contributed by atoms with van der Waals surface area (Å²) in [5.74, 6) is 2.66. The van der Waals surface area contributed by atoms with Crippen molar-refractivity contribution in [3.63, 3.8) is 0 Å². The summed E-state index contributed by atoms with van der Waals surface area (Å²) >= 11 is 0. The van der Waals surface area contributed by atoms with Crippen LogP contribution in [0.1, 0.15) is 22.3 Å². The largest absolute Gasteiger partial charge is 0.678 e. The molecule has 0 amide bonds. The smallest absolute Gasteiger partial charge is 0.419 e. The molecule has 0 N–H and O–H groups in total. The van der Waals surface area contributed by atoms with Crippen molar-refractivity contribution in [3.05, 3.63) is 119 Å². The zero-order valence-corrected chi connectivity index (χ0v) is 22.0. The van der Waals surface area contributed by atoms with Crippen molar-refractivity contribution in [1.82, 2.24) is 0 Å². The molecule has 0 saturated carbocycles. The van der Waals surface area contributed by atoms with E-state index >= 15 is 0 Å². The van der Waals surface area contributed by atoms with Crippen molar-refractivity contribution in [3.8, 4) is 23.0 Å². The van der Waals surface area contributed by atoms with Crippen molar-refractivity contribution in [2.45, 2.75) is 27.7 Å². The van der Waals surface area contributed by atoms with Crippen LogP contribution in [-0.2, 0) is 0 Å². The zero-order valence-electron chi connectivity index (χ0n) is 20.2. The summed E-state index contributed by atoms with van der Waals surface area (Å²) in [6.07, 6.45) is 0. The van der Waals surface area contributed by atoms with E-state index in [2.05, 4.69) is 0 Å². The Bertz CT molecular complexity index is 1160. The second kappa shape index (κ2) is 11.8. The standard InChI is InChI=1S/C28H28NO4P2/c1-21-5-13-25(14-6-21)30-34(31-26-15-7-22(2)8-16-26)29-35(32-27-17-9-23(3)10-18-27)33-28-19-11-24(4)12-20-28/h5-20H,1-4H3/q+1. The van der Waals surface area contributed by atoms with Crippen LogP contribution in [0.2, 0.25) is 0 Å². The molecule has 178 valence electrons. The number of benzene rings is 4. The molecule has 0 spiro atoms. The van der Waals surface area contributed by atoms with E-state index < -0.39 is 16.7 Å². The zero-order chi connectivity index (χ0) is 24.6. The number of rotatable bonds is 9. The van der Waals surface area contributed by atoms with E-state index in [1.54, 1.807) is 0 Å². The third kappa shape index (κ3) is 7.82. The van der Waals surface area contributed by atoms with Gasteiger partial charge in [-0.1, -0.05) is 70.8 Å². The highest BCUT2D eigenvalue weighted by Gasteiger charge is 2.30. The van der Waals surface area contributed by atoms with Crippen molar-refractivity contribution in [2.75, 3.05) is 0 Å². The van der Waals surface area contributed by atoms with Gasteiger partial charge in [-0.3, -0.25) is 0 Å². The van der Waals surface area contributed by atoms with Crippen LogP contribution in [0.25, 0.3) is 0 Å². The van der Waals surface area contributed by atoms with Gasteiger partial charge in [0.1, 0.15) is 11.5 Å². The molecule has 0 unspecified atom stereocenters. The third-order valence-corrected chi connectivity index (χ3v) is 7.60. The van der Waals surface area contributed by atoms with Gasteiger partial charge in [0.2, 0.25) is 0 Å². The highest BCUT2D eigenvalue weighted by atomic mass is 31.2. The first kappa shape index (κ1) is 24.7. The lowest BCUT2D eigenvalue weighted by atomic mass is 10.2. The molecule has 0 aliphatic rings. The topological polar surface area (TPSA) is 49.3 Å². The van der Waals surface area contributed by atoms with Gasteiger partial charge in [0.05, 0.1) is 4.52 Å². The Hall–Kier alpha value is -3.39. The van der Waals surface area contributed by atoms with Gasteiger partial charge in [-0.25, -0.2) is 9.05 Å². The van der Waals surface area contributed by atoms with Crippen LogP contribution in [0.3, 0.4) is 0 Å². The van der Waals surface area contributed by atoms with E-state index in [4.69, 9.17) is 22.6 Å². The van der Waals surface area contributed by atoms with Gasteiger partial charge in [-0.2, -0.15) is 0 Å². The molecule has 0 aliphatic heterocycles. The Kier molecular flexibility index (Phi) is 8.36. The van der Waals surface area contributed by atoms with E-state index in [1.165, 1.54) is 0 Å². The fraction of sp³-hybridized carbons (Fsp3) is 0.143. The molecule has 0 aliphatic carbocycles. The Balaban J connectivity index is 1.66. The Morgan fingerprint density at radius 1 is 0.457 bits per heavy atom. The van der Waals surface area contributed by atoms with E-state index in [-0.39, 0.29) is 0 Å². The molecule has 0 atom stereocenters. The van der Waals surface area contributed by atoms with E-state index in [9.17, 15) is 0 Å². The van der Waals surface area contributed by atoms with E-state index in [0.717, 1.165) is 22.3 Å². The van der Waals surface area contributed by atoms with Crippen molar-refractivity contribution in [2.24, 2.45) is 4.52 Å². The molecule has 0 heterocycles. The molecular weight excluding hydrogens is 476 g/mol. The normalized spacial score (nSPS) is 10.5.